The maximum absolute atomic E-state index is 10.8. The van der Waals surface area contributed by atoms with E-state index in [-0.39, 0.29) is 11.5 Å². The molecule has 0 spiro atoms. The van der Waals surface area contributed by atoms with Crippen molar-refractivity contribution in [3.05, 3.63) is 47.5 Å². The lowest BCUT2D eigenvalue weighted by Crippen LogP contribution is -2.53. The number of allylic oxidation sites excluding steroid dienone is 2. The van der Waals surface area contributed by atoms with Crippen molar-refractivity contribution in [3.8, 4) is 11.8 Å². The van der Waals surface area contributed by atoms with Gasteiger partial charge in [0.1, 0.15) is 6.10 Å². The highest BCUT2D eigenvalue weighted by atomic mass is 16.5. The first kappa shape index (κ1) is 19.9. The lowest BCUT2D eigenvalue weighted by Gasteiger charge is -2.60. The van der Waals surface area contributed by atoms with E-state index in [0.717, 1.165) is 36.2 Å². The highest BCUT2D eigenvalue weighted by Gasteiger charge is 2.58. The van der Waals surface area contributed by atoms with Crippen LogP contribution in [0, 0.1) is 46.3 Å². The Morgan fingerprint density at radius 3 is 2.63 bits per heavy atom. The average molecular weight is 403 g/mol. The number of carbonyl (C=O) groups is 1. The van der Waals surface area contributed by atoms with E-state index in [4.69, 9.17) is 4.74 Å². The van der Waals surface area contributed by atoms with Gasteiger partial charge >= 0.3 is 0 Å². The molecular weight excluding hydrogens is 368 g/mol. The molecular formula is C28H34O2. The van der Waals surface area contributed by atoms with Crippen LogP contribution in [-0.4, -0.2) is 12.6 Å². The molecule has 1 aromatic carbocycles. The third-order valence-corrected chi connectivity index (χ3v) is 9.56. The summed E-state index contributed by atoms with van der Waals surface area (Å²) in [5.74, 6) is 10.1. The first-order valence-corrected chi connectivity index (χ1v) is 11.9. The van der Waals surface area contributed by atoms with Gasteiger partial charge in [-0.2, -0.15) is 0 Å². The molecule has 0 saturated heterocycles. The van der Waals surface area contributed by atoms with Gasteiger partial charge in [-0.25, -0.2) is 0 Å². The van der Waals surface area contributed by atoms with E-state index < -0.39 is 0 Å². The second-order valence-electron chi connectivity index (χ2n) is 10.7. The quantitative estimate of drug-likeness (QED) is 0.437. The number of hydrogen-bond donors (Lipinski definition) is 0. The maximum atomic E-state index is 10.8. The number of fused-ring (bicyclic) bond motifs is 5. The fourth-order valence-electron chi connectivity index (χ4n) is 7.84. The standard InChI is InChI=1S/C28H34O2/c1-27-17-15-26-24(12-10-22-18-23(30-19-29)14-16-28(22,26)2)25(27)13-11-21(27)9-8-20-6-4-3-5-7-20/h3-7,11,19,22-26H,10,12-18H2,1-2H3/t22-,23-,24+,25+,26+,27-,28+/m1/s1. The smallest absolute Gasteiger partial charge is 0.293 e. The molecule has 0 bridgehead atoms. The third-order valence-electron chi connectivity index (χ3n) is 9.56. The number of rotatable bonds is 2. The van der Waals surface area contributed by atoms with Crippen molar-refractivity contribution in [2.24, 2.45) is 34.5 Å². The minimum absolute atomic E-state index is 0.152. The number of benzene rings is 1. The van der Waals surface area contributed by atoms with Crippen LogP contribution in [0.1, 0.15) is 70.8 Å². The Balaban J connectivity index is 1.35. The van der Waals surface area contributed by atoms with Gasteiger partial charge in [0.2, 0.25) is 0 Å². The molecule has 0 N–H and O–H groups in total. The Kier molecular flexibility index (Phi) is 5.04. The SMILES string of the molecule is C[C@]12CC[C@@H](OC=O)C[C@H]1CC[C@@H]1[C@@H]2CC[C@]2(C)C(C#Cc3ccccc3)=CC[C@@H]12. The molecule has 158 valence electrons. The minimum atomic E-state index is 0.152. The molecule has 1 aromatic rings. The topological polar surface area (TPSA) is 26.3 Å². The van der Waals surface area contributed by atoms with Gasteiger partial charge in [0.25, 0.3) is 6.47 Å². The molecule has 30 heavy (non-hydrogen) atoms. The normalized spacial score (nSPS) is 41.9. The first-order chi connectivity index (χ1) is 14.5. The molecule has 7 atom stereocenters. The molecule has 0 aliphatic heterocycles. The van der Waals surface area contributed by atoms with Gasteiger partial charge in [0.05, 0.1) is 0 Å². The molecule has 2 heteroatoms. The van der Waals surface area contributed by atoms with Gasteiger partial charge in [-0.3, -0.25) is 4.79 Å². The van der Waals surface area contributed by atoms with Crippen molar-refractivity contribution in [2.75, 3.05) is 0 Å². The molecule has 0 aromatic heterocycles. The molecule has 3 fully saturated rings. The summed E-state index contributed by atoms with van der Waals surface area (Å²) in [6.07, 6.45) is 12.4. The zero-order chi connectivity index (χ0) is 20.8. The van der Waals surface area contributed by atoms with Gasteiger partial charge in [-0.15, -0.1) is 0 Å². The minimum Gasteiger partial charge on any atom is -0.465 e. The summed E-state index contributed by atoms with van der Waals surface area (Å²) in [4.78, 5) is 10.8. The fraction of sp³-hybridized carbons (Fsp3) is 0.607. The number of ether oxygens (including phenoxy) is 1. The third kappa shape index (κ3) is 3.13. The maximum Gasteiger partial charge on any atom is 0.293 e. The molecule has 0 radical (unpaired) electrons. The van der Waals surface area contributed by atoms with E-state index in [1.807, 2.05) is 6.07 Å². The molecule has 2 nitrogen and oxygen atoms in total. The number of hydrogen-bond acceptors (Lipinski definition) is 2. The lowest BCUT2D eigenvalue weighted by molar-refractivity contribution is -0.147. The fourth-order valence-corrected chi connectivity index (χ4v) is 7.84. The first-order valence-electron chi connectivity index (χ1n) is 11.9. The van der Waals surface area contributed by atoms with Crippen molar-refractivity contribution in [2.45, 2.75) is 71.3 Å². The van der Waals surface area contributed by atoms with Crippen LogP contribution in [0.4, 0.5) is 0 Å². The van der Waals surface area contributed by atoms with Crippen LogP contribution in [-0.2, 0) is 9.53 Å². The molecule has 0 unspecified atom stereocenters. The zero-order valence-electron chi connectivity index (χ0n) is 18.4. The van der Waals surface area contributed by atoms with Crippen LogP contribution >= 0.6 is 0 Å². The largest absolute Gasteiger partial charge is 0.465 e. The summed E-state index contributed by atoms with van der Waals surface area (Å²) in [6, 6.07) is 10.4. The van der Waals surface area contributed by atoms with Gasteiger partial charge in [-0.1, -0.05) is 50.0 Å². The summed E-state index contributed by atoms with van der Waals surface area (Å²) in [6.45, 7) is 5.72. The summed E-state index contributed by atoms with van der Waals surface area (Å²) in [7, 11) is 0. The van der Waals surface area contributed by atoms with Crippen LogP contribution in [0.3, 0.4) is 0 Å². The molecule has 4 aliphatic carbocycles. The second-order valence-corrected chi connectivity index (χ2v) is 10.7. The summed E-state index contributed by atoms with van der Waals surface area (Å²) in [5.41, 5.74) is 3.18. The van der Waals surface area contributed by atoms with Crippen LogP contribution in [0.25, 0.3) is 0 Å². The molecule has 5 rings (SSSR count). The molecule has 0 heterocycles. The van der Waals surface area contributed by atoms with Gasteiger partial charge in [0.15, 0.2) is 0 Å². The Labute approximate surface area is 181 Å². The Bertz CT molecular complexity index is 890. The highest BCUT2D eigenvalue weighted by Crippen LogP contribution is 2.66. The van der Waals surface area contributed by atoms with Crippen LogP contribution in [0.5, 0.6) is 0 Å². The Morgan fingerprint density at radius 1 is 1.00 bits per heavy atom. The molecule has 0 amide bonds. The Morgan fingerprint density at radius 2 is 1.83 bits per heavy atom. The van der Waals surface area contributed by atoms with E-state index >= 15 is 0 Å². The highest BCUT2D eigenvalue weighted by molar-refractivity contribution is 5.45. The summed E-state index contributed by atoms with van der Waals surface area (Å²) < 4.78 is 5.37. The number of carbonyl (C=O) groups excluding carboxylic acids is 1. The average Bonchev–Trinajstić information content (AvgIpc) is 3.10. The van der Waals surface area contributed by atoms with Gasteiger partial charge in [-0.05, 0) is 92.6 Å². The van der Waals surface area contributed by atoms with E-state index in [2.05, 4.69) is 56.0 Å². The lowest BCUT2D eigenvalue weighted by atomic mass is 9.44. The van der Waals surface area contributed by atoms with Crippen molar-refractivity contribution < 1.29 is 9.53 Å². The molecule has 4 aliphatic rings. The van der Waals surface area contributed by atoms with E-state index in [1.54, 1.807) is 0 Å². The van der Waals surface area contributed by atoms with Gasteiger partial charge in [0, 0.05) is 16.6 Å². The van der Waals surface area contributed by atoms with Crippen molar-refractivity contribution in [3.63, 3.8) is 0 Å². The monoisotopic (exact) mass is 402 g/mol. The van der Waals surface area contributed by atoms with Crippen LogP contribution in [0.2, 0.25) is 0 Å². The summed E-state index contributed by atoms with van der Waals surface area (Å²) in [5, 5.41) is 0. The zero-order valence-corrected chi connectivity index (χ0v) is 18.4. The predicted octanol–water partition coefficient (Wildman–Crippen LogP) is 6.16. The van der Waals surface area contributed by atoms with Gasteiger partial charge < -0.3 is 4.74 Å². The van der Waals surface area contributed by atoms with Crippen LogP contribution in [0.15, 0.2) is 42.0 Å². The van der Waals surface area contributed by atoms with E-state index in [1.165, 1.54) is 44.1 Å². The van der Waals surface area contributed by atoms with Crippen LogP contribution < -0.4 is 0 Å². The van der Waals surface area contributed by atoms with E-state index in [0.29, 0.717) is 17.8 Å². The predicted molar refractivity (Wildman–Crippen MR) is 119 cm³/mol. The van der Waals surface area contributed by atoms with Crippen molar-refractivity contribution >= 4 is 6.47 Å². The molecule has 3 saturated carbocycles. The second kappa shape index (κ2) is 7.60. The van der Waals surface area contributed by atoms with Crippen molar-refractivity contribution in [1.82, 2.24) is 0 Å². The summed E-state index contributed by atoms with van der Waals surface area (Å²) >= 11 is 0. The van der Waals surface area contributed by atoms with Crippen molar-refractivity contribution in [1.29, 1.82) is 0 Å². The van der Waals surface area contributed by atoms with E-state index in [9.17, 15) is 4.79 Å². The Hall–Kier alpha value is -2.01.